The number of thioether (sulfide) groups is 1. The van der Waals surface area contributed by atoms with Gasteiger partial charge in [0.05, 0.1) is 0 Å². The Labute approximate surface area is 89.5 Å². The van der Waals surface area contributed by atoms with E-state index in [4.69, 9.17) is 5.73 Å². The van der Waals surface area contributed by atoms with Crippen LogP contribution in [0, 0.1) is 5.92 Å². The molecule has 1 atom stereocenters. The Kier molecular flexibility index (Phi) is 4.90. The lowest BCUT2D eigenvalue weighted by Gasteiger charge is -2.08. The summed E-state index contributed by atoms with van der Waals surface area (Å²) >= 11 is 1.75. The third kappa shape index (κ3) is 3.27. The Hall–Kier alpha value is -0.610. The van der Waals surface area contributed by atoms with Gasteiger partial charge in [0.25, 0.3) is 0 Å². The van der Waals surface area contributed by atoms with Crippen LogP contribution in [0.25, 0.3) is 0 Å². The predicted molar refractivity (Wildman–Crippen MR) is 60.1 cm³/mol. The highest BCUT2D eigenvalue weighted by Gasteiger charge is 2.05. The van der Waals surface area contributed by atoms with E-state index in [-0.39, 0.29) is 0 Å². The van der Waals surface area contributed by atoms with Gasteiger partial charge in [-0.3, -0.25) is 0 Å². The van der Waals surface area contributed by atoms with Crippen LogP contribution in [-0.2, 0) is 6.54 Å². The quantitative estimate of drug-likeness (QED) is 0.758. The molecule has 0 bridgehead atoms. The molecule has 0 spiro atoms. The molecule has 0 aliphatic carbocycles. The van der Waals surface area contributed by atoms with Gasteiger partial charge in [-0.25, -0.2) is 0 Å². The van der Waals surface area contributed by atoms with E-state index in [0.717, 1.165) is 16.3 Å². The van der Waals surface area contributed by atoms with Gasteiger partial charge in [0.15, 0.2) is 0 Å². The minimum atomic E-state index is 0.540. The molecular formula is C10H17N3S. The minimum Gasteiger partial charge on any atom is -0.326 e. The molecule has 0 saturated carbocycles. The second-order valence-electron chi connectivity index (χ2n) is 3.39. The highest BCUT2D eigenvalue weighted by molar-refractivity contribution is 7.99. The van der Waals surface area contributed by atoms with Crippen LogP contribution < -0.4 is 5.73 Å². The SMILES string of the molecule is CCC(C)CSc1nnccc1CN. The van der Waals surface area contributed by atoms with E-state index in [1.165, 1.54) is 6.42 Å². The lowest BCUT2D eigenvalue weighted by atomic mass is 10.2. The van der Waals surface area contributed by atoms with Crippen LogP contribution in [0.5, 0.6) is 0 Å². The van der Waals surface area contributed by atoms with Crippen LogP contribution in [0.15, 0.2) is 17.3 Å². The van der Waals surface area contributed by atoms with E-state index >= 15 is 0 Å². The molecule has 0 fully saturated rings. The third-order valence-corrected chi connectivity index (χ3v) is 3.54. The molecule has 4 heteroatoms. The van der Waals surface area contributed by atoms with Crippen LogP contribution in [0.4, 0.5) is 0 Å². The first-order valence-electron chi connectivity index (χ1n) is 4.91. The summed E-state index contributed by atoms with van der Waals surface area (Å²) < 4.78 is 0. The van der Waals surface area contributed by atoms with E-state index < -0.39 is 0 Å². The minimum absolute atomic E-state index is 0.540. The van der Waals surface area contributed by atoms with Crippen molar-refractivity contribution in [2.75, 3.05) is 5.75 Å². The molecule has 0 aromatic carbocycles. The highest BCUT2D eigenvalue weighted by Crippen LogP contribution is 2.22. The van der Waals surface area contributed by atoms with Crippen molar-refractivity contribution in [2.45, 2.75) is 31.8 Å². The van der Waals surface area contributed by atoms with E-state index in [9.17, 15) is 0 Å². The monoisotopic (exact) mass is 211 g/mol. The fourth-order valence-electron chi connectivity index (χ4n) is 0.961. The number of aromatic nitrogens is 2. The maximum Gasteiger partial charge on any atom is 0.123 e. The topological polar surface area (TPSA) is 51.8 Å². The highest BCUT2D eigenvalue weighted by atomic mass is 32.2. The average molecular weight is 211 g/mol. The van der Waals surface area contributed by atoms with Crippen molar-refractivity contribution in [1.29, 1.82) is 0 Å². The Morgan fingerprint density at radius 1 is 1.57 bits per heavy atom. The molecule has 3 nitrogen and oxygen atoms in total. The standard InChI is InChI=1S/C10H17N3S/c1-3-8(2)7-14-10-9(6-11)4-5-12-13-10/h4-5,8H,3,6-7,11H2,1-2H3. The second kappa shape index (κ2) is 5.98. The number of nitrogens with zero attached hydrogens (tertiary/aromatic N) is 2. The Balaban J connectivity index is 2.57. The van der Waals surface area contributed by atoms with Gasteiger partial charge in [-0.2, -0.15) is 5.10 Å². The van der Waals surface area contributed by atoms with Crippen molar-refractivity contribution >= 4 is 11.8 Å². The summed E-state index contributed by atoms with van der Waals surface area (Å²) in [5, 5.41) is 8.94. The van der Waals surface area contributed by atoms with Gasteiger partial charge < -0.3 is 5.73 Å². The molecule has 1 rings (SSSR count). The lowest BCUT2D eigenvalue weighted by molar-refractivity contribution is 0.636. The fourth-order valence-corrected chi connectivity index (χ4v) is 2.08. The fraction of sp³-hybridized carbons (Fsp3) is 0.600. The lowest BCUT2D eigenvalue weighted by Crippen LogP contribution is -2.03. The summed E-state index contributed by atoms with van der Waals surface area (Å²) in [4.78, 5) is 0. The summed E-state index contributed by atoms with van der Waals surface area (Å²) in [6, 6.07) is 1.94. The zero-order valence-electron chi connectivity index (χ0n) is 8.73. The molecule has 1 aromatic rings. The predicted octanol–water partition coefficient (Wildman–Crippen LogP) is 2.07. The van der Waals surface area contributed by atoms with Gasteiger partial charge in [0, 0.05) is 24.1 Å². The van der Waals surface area contributed by atoms with Gasteiger partial charge in [-0.05, 0) is 12.0 Å². The van der Waals surface area contributed by atoms with Gasteiger partial charge >= 0.3 is 0 Å². The van der Waals surface area contributed by atoms with Crippen LogP contribution in [-0.4, -0.2) is 16.0 Å². The Bertz CT molecular complexity index is 278. The number of hydrogen-bond acceptors (Lipinski definition) is 4. The zero-order chi connectivity index (χ0) is 10.4. The molecule has 0 amide bonds. The summed E-state index contributed by atoms with van der Waals surface area (Å²) in [5.41, 5.74) is 6.70. The van der Waals surface area contributed by atoms with Crippen molar-refractivity contribution in [2.24, 2.45) is 11.7 Å². The molecule has 0 aliphatic heterocycles. The number of nitrogens with two attached hydrogens (primary N) is 1. The van der Waals surface area contributed by atoms with Crippen LogP contribution in [0.3, 0.4) is 0 Å². The van der Waals surface area contributed by atoms with Gasteiger partial charge in [-0.15, -0.1) is 16.9 Å². The third-order valence-electron chi connectivity index (χ3n) is 2.19. The number of rotatable bonds is 5. The van der Waals surface area contributed by atoms with E-state index in [2.05, 4.69) is 24.0 Å². The van der Waals surface area contributed by atoms with E-state index in [0.29, 0.717) is 12.5 Å². The van der Waals surface area contributed by atoms with Crippen molar-refractivity contribution < 1.29 is 0 Å². The van der Waals surface area contributed by atoms with Crippen molar-refractivity contribution in [3.63, 3.8) is 0 Å². The molecule has 0 aliphatic rings. The molecule has 1 aromatic heterocycles. The van der Waals surface area contributed by atoms with Crippen LogP contribution in [0.1, 0.15) is 25.8 Å². The Morgan fingerprint density at radius 2 is 2.36 bits per heavy atom. The first-order valence-corrected chi connectivity index (χ1v) is 5.89. The molecule has 1 heterocycles. The van der Waals surface area contributed by atoms with Crippen molar-refractivity contribution in [3.8, 4) is 0 Å². The molecule has 1 unspecified atom stereocenters. The average Bonchev–Trinajstić information content (AvgIpc) is 2.26. The van der Waals surface area contributed by atoms with Gasteiger partial charge in [0.1, 0.15) is 5.03 Å². The molecule has 78 valence electrons. The summed E-state index contributed by atoms with van der Waals surface area (Å²) in [7, 11) is 0. The second-order valence-corrected chi connectivity index (χ2v) is 4.40. The molecule has 14 heavy (non-hydrogen) atoms. The Morgan fingerprint density at radius 3 is 3.00 bits per heavy atom. The largest absolute Gasteiger partial charge is 0.326 e. The van der Waals surface area contributed by atoms with Crippen LogP contribution in [0.2, 0.25) is 0 Å². The zero-order valence-corrected chi connectivity index (χ0v) is 9.55. The normalized spacial score (nSPS) is 12.8. The maximum atomic E-state index is 5.61. The van der Waals surface area contributed by atoms with Crippen molar-refractivity contribution in [1.82, 2.24) is 10.2 Å². The summed E-state index contributed by atoms with van der Waals surface area (Å²) in [6.07, 6.45) is 2.89. The molecule has 0 saturated heterocycles. The molecular weight excluding hydrogens is 194 g/mol. The first kappa shape index (κ1) is 11.5. The first-order chi connectivity index (χ1) is 6.77. The van der Waals surface area contributed by atoms with Crippen molar-refractivity contribution in [3.05, 3.63) is 17.8 Å². The summed E-state index contributed by atoms with van der Waals surface area (Å²) in [6.45, 7) is 4.98. The van der Waals surface area contributed by atoms with E-state index in [1.54, 1.807) is 18.0 Å². The van der Waals surface area contributed by atoms with E-state index in [1.807, 2.05) is 6.07 Å². The summed E-state index contributed by atoms with van der Waals surface area (Å²) in [5.74, 6) is 1.80. The molecule has 0 radical (unpaired) electrons. The van der Waals surface area contributed by atoms with Crippen LogP contribution >= 0.6 is 11.8 Å². The van der Waals surface area contributed by atoms with Gasteiger partial charge in [-0.1, -0.05) is 20.3 Å². The number of hydrogen-bond donors (Lipinski definition) is 1. The smallest absolute Gasteiger partial charge is 0.123 e. The molecule has 2 N–H and O–H groups in total. The van der Waals surface area contributed by atoms with Gasteiger partial charge in [0.2, 0.25) is 0 Å². The maximum absolute atomic E-state index is 5.61.